The first-order chi connectivity index (χ1) is 9.25. The summed E-state index contributed by atoms with van der Waals surface area (Å²) >= 11 is 0. The van der Waals surface area contributed by atoms with Crippen LogP contribution in [0.2, 0.25) is 0 Å². The van der Waals surface area contributed by atoms with Crippen molar-refractivity contribution in [3.8, 4) is 0 Å². The van der Waals surface area contributed by atoms with E-state index in [9.17, 15) is 4.79 Å². The summed E-state index contributed by atoms with van der Waals surface area (Å²) < 4.78 is 0. The van der Waals surface area contributed by atoms with Crippen LogP contribution in [0.5, 0.6) is 0 Å². The molecule has 2 nitrogen and oxygen atoms in total. The van der Waals surface area contributed by atoms with Gasteiger partial charge < -0.3 is 5.32 Å². The first-order valence-electron chi connectivity index (χ1n) is 6.67. The van der Waals surface area contributed by atoms with Crippen LogP contribution in [0.4, 0.5) is 5.69 Å². The van der Waals surface area contributed by atoms with E-state index in [-0.39, 0.29) is 5.78 Å². The smallest absolute Gasteiger partial charge is 0.163 e. The lowest BCUT2D eigenvalue weighted by Gasteiger charge is -2.10. The van der Waals surface area contributed by atoms with Crippen LogP contribution in [-0.4, -0.2) is 12.3 Å². The molecule has 0 spiro atoms. The van der Waals surface area contributed by atoms with Gasteiger partial charge in [-0.15, -0.1) is 0 Å². The fourth-order valence-corrected chi connectivity index (χ4v) is 2.76. The number of carbonyl (C=O) groups excluding carboxylic acids is 1. The van der Waals surface area contributed by atoms with Crippen LogP contribution in [0.15, 0.2) is 48.5 Å². The number of anilines is 1. The number of carbonyl (C=O) groups is 1. The third-order valence-electron chi connectivity index (χ3n) is 3.82. The molecule has 2 aromatic carbocycles. The van der Waals surface area contributed by atoms with Crippen molar-refractivity contribution < 1.29 is 4.79 Å². The third kappa shape index (κ3) is 2.26. The maximum absolute atomic E-state index is 12.4. The predicted molar refractivity (Wildman–Crippen MR) is 77.8 cm³/mol. The quantitative estimate of drug-likeness (QED) is 0.841. The Morgan fingerprint density at radius 2 is 1.89 bits per heavy atom. The molecule has 1 N–H and O–H groups in total. The van der Waals surface area contributed by atoms with E-state index >= 15 is 0 Å². The van der Waals surface area contributed by atoms with Crippen LogP contribution >= 0.6 is 0 Å². The summed E-state index contributed by atoms with van der Waals surface area (Å²) in [6.45, 7) is 2.85. The number of hydrogen-bond acceptors (Lipinski definition) is 2. The van der Waals surface area contributed by atoms with Crippen molar-refractivity contribution in [2.45, 2.75) is 19.3 Å². The standard InChI is InChI=1S/C17H17NO/c1-12-6-2-3-7-14(12)17(19)10-13-11-18-16-9-5-4-8-15(13)16/h2-9,13,18H,10-11H2,1H3. The summed E-state index contributed by atoms with van der Waals surface area (Å²) in [4.78, 5) is 12.4. The molecule has 0 bridgehead atoms. The maximum Gasteiger partial charge on any atom is 0.163 e. The Hall–Kier alpha value is -2.09. The Morgan fingerprint density at radius 1 is 1.16 bits per heavy atom. The van der Waals surface area contributed by atoms with Gasteiger partial charge in [-0.1, -0.05) is 42.5 Å². The number of Topliss-reactive ketones (excluding diaryl/α,β-unsaturated/α-hetero) is 1. The first-order valence-corrected chi connectivity index (χ1v) is 6.67. The molecule has 1 aliphatic rings. The number of benzene rings is 2. The Labute approximate surface area is 113 Å². The van der Waals surface area contributed by atoms with E-state index in [2.05, 4.69) is 17.4 Å². The number of fused-ring (bicyclic) bond motifs is 1. The highest BCUT2D eigenvalue weighted by Crippen LogP contribution is 2.34. The molecule has 0 aliphatic carbocycles. The number of ketones is 1. The van der Waals surface area contributed by atoms with Crippen molar-refractivity contribution in [2.75, 3.05) is 11.9 Å². The Bertz CT molecular complexity index is 618. The van der Waals surface area contributed by atoms with Crippen molar-refractivity contribution in [2.24, 2.45) is 0 Å². The van der Waals surface area contributed by atoms with Crippen molar-refractivity contribution in [3.63, 3.8) is 0 Å². The van der Waals surface area contributed by atoms with Gasteiger partial charge in [0.2, 0.25) is 0 Å². The highest BCUT2D eigenvalue weighted by atomic mass is 16.1. The summed E-state index contributed by atoms with van der Waals surface area (Å²) in [5.41, 5.74) is 4.35. The minimum Gasteiger partial charge on any atom is -0.384 e. The molecular formula is C17H17NO. The molecule has 19 heavy (non-hydrogen) atoms. The molecule has 2 heteroatoms. The van der Waals surface area contributed by atoms with Gasteiger partial charge >= 0.3 is 0 Å². The van der Waals surface area contributed by atoms with E-state index < -0.39 is 0 Å². The molecule has 1 atom stereocenters. The summed E-state index contributed by atoms with van der Waals surface area (Å²) in [5.74, 6) is 0.532. The van der Waals surface area contributed by atoms with Crippen molar-refractivity contribution in [1.29, 1.82) is 0 Å². The van der Waals surface area contributed by atoms with Crippen LogP contribution in [0.25, 0.3) is 0 Å². The average molecular weight is 251 g/mol. The van der Waals surface area contributed by atoms with E-state index in [1.54, 1.807) is 0 Å². The molecule has 0 saturated carbocycles. The maximum atomic E-state index is 12.4. The Kier molecular flexibility index (Phi) is 3.08. The SMILES string of the molecule is Cc1ccccc1C(=O)CC1CNc2ccccc21. The van der Waals surface area contributed by atoms with E-state index in [1.807, 2.05) is 43.3 Å². The van der Waals surface area contributed by atoms with Gasteiger partial charge in [0.1, 0.15) is 0 Å². The summed E-state index contributed by atoms with van der Waals surface area (Å²) in [6.07, 6.45) is 0.578. The summed E-state index contributed by atoms with van der Waals surface area (Å²) in [5, 5.41) is 3.37. The van der Waals surface area contributed by atoms with Gasteiger partial charge in [0.25, 0.3) is 0 Å². The van der Waals surface area contributed by atoms with Gasteiger partial charge in [0.15, 0.2) is 5.78 Å². The van der Waals surface area contributed by atoms with Gasteiger partial charge in [-0.25, -0.2) is 0 Å². The zero-order chi connectivity index (χ0) is 13.2. The number of para-hydroxylation sites is 1. The van der Waals surface area contributed by atoms with Crippen LogP contribution in [0, 0.1) is 6.92 Å². The second-order valence-corrected chi connectivity index (χ2v) is 5.11. The topological polar surface area (TPSA) is 29.1 Å². The lowest BCUT2D eigenvalue weighted by atomic mass is 9.92. The predicted octanol–water partition coefficient (Wildman–Crippen LogP) is 3.78. The van der Waals surface area contributed by atoms with Gasteiger partial charge in [-0.3, -0.25) is 4.79 Å². The third-order valence-corrected chi connectivity index (χ3v) is 3.82. The number of nitrogens with one attached hydrogen (secondary N) is 1. The molecule has 1 unspecified atom stereocenters. The first kappa shape index (κ1) is 12.0. The van der Waals surface area contributed by atoms with Crippen LogP contribution in [0.1, 0.15) is 33.8 Å². The molecule has 1 aliphatic heterocycles. The van der Waals surface area contributed by atoms with E-state index in [1.165, 1.54) is 11.3 Å². The highest BCUT2D eigenvalue weighted by molar-refractivity contribution is 5.98. The Morgan fingerprint density at radius 3 is 2.74 bits per heavy atom. The van der Waals surface area contributed by atoms with E-state index in [4.69, 9.17) is 0 Å². The molecule has 0 aromatic heterocycles. The minimum absolute atomic E-state index is 0.238. The second-order valence-electron chi connectivity index (χ2n) is 5.11. The van der Waals surface area contributed by atoms with Gasteiger partial charge in [-0.2, -0.15) is 0 Å². The fraction of sp³-hybridized carbons (Fsp3) is 0.235. The number of hydrogen-bond donors (Lipinski definition) is 1. The molecule has 0 radical (unpaired) electrons. The molecule has 2 aromatic rings. The molecule has 1 heterocycles. The molecule has 0 saturated heterocycles. The normalized spacial score (nSPS) is 16.8. The van der Waals surface area contributed by atoms with Gasteiger partial charge in [0, 0.05) is 30.1 Å². The fourth-order valence-electron chi connectivity index (χ4n) is 2.76. The highest BCUT2D eigenvalue weighted by Gasteiger charge is 2.24. The van der Waals surface area contributed by atoms with Crippen LogP contribution in [-0.2, 0) is 0 Å². The molecule has 96 valence electrons. The zero-order valence-electron chi connectivity index (χ0n) is 11.0. The largest absolute Gasteiger partial charge is 0.384 e. The lowest BCUT2D eigenvalue weighted by Crippen LogP contribution is -2.10. The van der Waals surface area contributed by atoms with Crippen molar-refractivity contribution in [1.82, 2.24) is 0 Å². The summed E-state index contributed by atoms with van der Waals surface area (Å²) in [7, 11) is 0. The van der Waals surface area contributed by atoms with Gasteiger partial charge in [-0.05, 0) is 24.1 Å². The average Bonchev–Trinajstić information content (AvgIpc) is 2.83. The van der Waals surface area contributed by atoms with Crippen molar-refractivity contribution >= 4 is 11.5 Å². The van der Waals surface area contributed by atoms with Gasteiger partial charge in [0.05, 0.1) is 0 Å². The second kappa shape index (κ2) is 4.88. The Balaban J connectivity index is 1.81. The van der Waals surface area contributed by atoms with E-state index in [0.29, 0.717) is 12.3 Å². The molecule has 3 rings (SSSR count). The molecular weight excluding hydrogens is 234 g/mol. The van der Waals surface area contributed by atoms with Crippen LogP contribution in [0.3, 0.4) is 0 Å². The monoisotopic (exact) mass is 251 g/mol. The minimum atomic E-state index is 0.238. The molecule has 0 fully saturated rings. The number of rotatable bonds is 3. The number of aryl methyl sites for hydroxylation is 1. The zero-order valence-corrected chi connectivity index (χ0v) is 11.0. The summed E-state index contributed by atoms with van der Waals surface area (Å²) in [6, 6.07) is 16.1. The van der Waals surface area contributed by atoms with Crippen molar-refractivity contribution in [3.05, 3.63) is 65.2 Å². The van der Waals surface area contributed by atoms with E-state index in [0.717, 1.165) is 17.7 Å². The lowest BCUT2D eigenvalue weighted by molar-refractivity contribution is 0.0975. The molecule has 0 amide bonds. The van der Waals surface area contributed by atoms with Crippen LogP contribution < -0.4 is 5.32 Å².